The monoisotopic (exact) mass is 408 g/mol. The third kappa shape index (κ3) is 6.28. The van der Waals surface area contributed by atoms with Crippen molar-refractivity contribution in [2.75, 3.05) is 32.8 Å². The normalized spacial score (nSPS) is 27.0. The molecule has 1 saturated carbocycles. The predicted octanol–water partition coefficient (Wildman–Crippen LogP) is 3.58. The fraction of sp³-hybridized carbons (Fsp3) is 0.727. The van der Waals surface area contributed by atoms with Crippen LogP contribution < -0.4 is 4.72 Å². The molecule has 3 unspecified atom stereocenters. The molecule has 1 aromatic rings. The van der Waals surface area contributed by atoms with Gasteiger partial charge in [-0.2, -0.15) is 0 Å². The van der Waals surface area contributed by atoms with Crippen LogP contribution in [0.2, 0.25) is 0 Å². The van der Waals surface area contributed by atoms with Crippen molar-refractivity contribution in [1.82, 2.24) is 9.62 Å². The highest BCUT2D eigenvalue weighted by Crippen LogP contribution is 2.26. The van der Waals surface area contributed by atoms with E-state index in [-0.39, 0.29) is 0 Å². The lowest BCUT2D eigenvalue weighted by Crippen LogP contribution is -2.42. The maximum atomic E-state index is 12.5. The molecule has 1 aromatic carbocycles. The van der Waals surface area contributed by atoms with Gasteiger partial charge in [0.1, 0.15) is 0 Å². The summed E-state index contributed by atoms with van der Waals surface area (Å²) in [7, 11) is -3.42. The summed E-state index contributed by atoms with van der Waals surface area (Å²) in [6, 6.07) is 7.02. The number of hydrogen-bond donors (Lipinski definition) is 1. The molecule has 2 aliphatic rings. The number of aryl methyl sites for hydroxylation is 1. The molecule has 1 aliphatic carbocycles. The average molecular weight is 409 g/mol. The second-order valence-corrected chi connectivity index (χ2v) is 10.4. The molecule has 3 rings (SSSR count). The Morgan fingerprint density at radius 2 is 1.86 bits per heavy atom. The Labute approximate surface area is 170 Å². The number of ether oxygens (including phenoxy) is 1. The number of nitrogens with zero attached hydrogens (tertiary/aromatic N) is 1. The van der Waals surface area contributed by atoms with Gasteiger partial charge in [0, 0.05) is 19.6 Å². The molecule has 2 fully saturated rings. The van der Waals surface area contributed by atoms with E-state index < -0.39 is 10.0 Å². The van der Waals surface area contributed by atoms with Crippen molar-refractivity contribution in [1.29, 1.82) is 0 Å². The van der Waals surface area contributed by atoms with E-state index in [4.69, 9.17) is 4.74 Å². The van der Waals surface area contributed by atoms with Crippen molar-refractivity contribution < 1.29 is 13.2 Å². The smallest absolute Gasteiger partial charge is 0.240 e. The van der Waals surface area contributed by atoms with Crippen molar-refractivity contribution in [2.45, 2.75) is 63.4 Å². The van der Waals surface area contributed by atoms with Gasteiger partial charge in [-0.1, -0.05) is 37.5 Å². The van der Waals surface area contributed by atoms with Gasteiger partial charge in [-0.25, -0.2) is 13.1 Å². The highest BCUT2D eigenvalue weighted by atomic mass is 32.2. The molecular weight excluding hydrogens is 372 g/mol. The van der Waals surface area contributed by atoms with Crippen LogP contribution in [0.3, 0.4) is 0 Å². The first kappa shape index (κ1) is 21.8. The van der Waals surface area contributed by atoms with Crippen molar-refractivity contribution in [3.05, 3.63) is 29.8 Å². The molecule has 0 bridgehead atoms. The summed E-state index contributed by atoms with van der Waals surface area (Å²) in [5.74, 6) is 1.04. The first-order valence-corrected chi connectivity index (χ1v) is 12.3. The van der Waals surface area contributed by atoms with E-state index >= 15 is 0 Å². The van der Waals surface area contributed by atoms with E-state index in [0.29, 0.717) is 29.4 Å². The van der Waals surface area contributed by atoms with Crippen LogP contribution in [0.5, 0.6) is 0 Å². The molecule has 3 atom stereocenters. The van der Waals surface area contributed by atoms with Crippen LogP contribution in [0.15, 0.2) is 29.2 Å². The van der Waals surface area contributed by atoms with Crippen molar-refractivity contribution in [2.24, 2.45) is 11.8 Å². The lowest BCUT2D eigenvalue weighted by atomic mass is 9.88. The number of sulfonamides is 1. The van der Waals surface area contributed by atoms with Crippen molar-refractivity contribution >= 4 is 10.0 Å². The summed E-state index contributed by atoms with van der Waals surface area (Å²) in [5, 5.41) is 0. The molecule has 5 nitrogen and oxygen atoms in total. The van der Waals surface area contributed by atoms with E-state index in [2.05, 4.69) is 16.5 Å². The van der Waals surface area contributed by atoms with Crippen LogP contribution >= 0.6 is 0 Å². The highest BCUT2D eigenvalue weighted by molar-refractivity contribution is 7.89. The highest BCUT2D eigenvalue weighted by Gasteiger charge is 2.24. The first-order valence-electron chi connectivity index (χ1n) is 10.8. The molecule has 1 N–H and O–H groups in total. The Morgan fingerprint density at radius 1 is 1.11 bits per heavy atom. The van der Waals surface area contributed by atoms with E-state index in [1.165, 1.54) is 25.7 Å². The SMILES string of the molecule is Cc1ccc(S(=O)(=O)NCC2CCCN(CCOC3CCCCC3C)C2)cc1. The van der Waals surface area contributed by atoms with Gasteiger partial charge < -0.3 is 9.64 Å². The fourth-order valence-electron chi connectivity index (χ4n) is 4.41. The Bertz CT molecular complexity index is 705. The molecule has 28 heavy (non-hydrogen) atoms. The van der Waals surface area contributed by atoms with Crippen molar-refractivity contribution in [3.8, 4) is 0 Å². The van der Waals surface area contributed by atoms with E-state index in [0.717, 1.165) is 44.6 Å². The quantitative estimate of drug-likeness (QED) is 0.714. The van der Waals surface area contributed by atoms with E-state index in [9.17, 15) is 8.42 Å². The summed E-state index contributed by atoms with van der Waals surface area (Å²) in [4.78, 5) is 2.78. The topological polar surface area (TPSA) is 58.6 Å². The van der Waals surface area contributed by atoms with Gasteiger partial charge in [0.15, 0.2) is 0 Å². The zero-order chi connectivity index (χ0) is 20.0. The van der Waals surface area contributed by atoms with Crippen LogP contribution in [0.25, 0.3) is 0 Å². The molecule has 1 aliphatic heterocycles. The standard InChI is InChI=1S/C22H36N2O3S/c1-18-9-11-21(12-10-18)28(25,26)23-16-20-7-5-13-24(17-20)14-15-27-22-8-4-3-6-19(22)2/h9-12,19-20,22-23H,3-8,13-17H2,1-2H3. The number of hydrogen-bond acceptors (Lipinski definition) is 4. The molecule has 0 radical (unpaired) electrons. The minimum absolute atomic E-state index is 0.348. The van der Waals surface area contributed by atoms with Gasteiger partial charge in [-0.3, -0.25) is 0 Å². The minimum atomic E-state index is -3.42. The zero-order valence-electron chi connectivity index (χ0n) is 17.4. The van der Waals surface area contributed by atoms with Crippen LogP contribution in [-0.2, 0) is 14.8 Å². The molecule has 1 heterocycles. The first-order chi connectivity index (χ1) is 13.4. The van der Waals surface area contributed by atoms with Crippen molar-refractivity contribution in [3.63, 3.8) is 0 Å². The maximum Gasteiger partial charge on any atom is 0.240 e. The second-order valence-electron chi connectivity index (χ2n) is 8.64. The number of likely N-dealkylation sites (tertiary alicyclic amines) is 1. The maximum absolute atomic E-state index is 12.5. The summed E-state index contributed by atoms with van der Waals surface area (Å²) in [5.41, 5.74) is 1.06. The Kier molecular flexibility index (Phi) is 7.92. The lowest BCUT2D eigenvalue weighted by molar-refractivity contribution is -0.0171. The molecule has 0 aromatic heterocycles. The molecule has 158 valence electrons. The predicted molar refractivity (Wildman–Crippen MR) is 113 cm³/mol. The fourth-order valence-corrected chi connectivity index (χ4v) is 5.53. The third-order valence-corrected chi connectivity index (χ3v) is 7.71. The number of piperidine rings is 1. The summed E-state index contributed by atoms with van der Waals surface area (Å²) in [6.07, 6.45) is 7.75. The van der Waals surface area contributed by atoms with Gasteiger partial charge in [0.2, 0.25) is 10.0 Å². The van der Waals surface area contributed by atoms with E-state index in [1.807, 2.05) is 19.1 Å². The summed E-state index contributed by atoms with van der Waals surface area (Å²) < 4.78 is 34.0. The Morgan fingerprint density at radius 3 is 2.61 bits per heavy atom. The lowest BCUT2D eigenvalue weighted by Gasteiger charge is -2.34. The second kappa shape index (κ2) is 10.2. The molecule has 1 saturated heterocycles. The molecule has 0 spiro atoms. The number of nitrogens with one attached hydrogen (secondary N) is 1. The largest absolute Gasteiger partial charge is 0.377 e. The Balaban J connectivity index is 1.41. The molecule has 0 amide bonds. The number of rotatable bonds is 8. The van der Waals surface area contributed by atoms with E-state index in [1.54, 1.807) is 12.1 Å². The van der Waals surface area contributed by atoms with Gasteiger partial charge in [-0.15, -0.1) is 0 Å². The van der Waals surface area contributed by atoms with Gasteiger partial charge in [0.05, 0.1) is 17.6 Å². The Hall–Kier alpha value is -0.950. The van der Waals surface area contributed by atoms with Crippen LogP contribution in [0.1, 0.15) is 51.0 Å². The summed E-state index contributed by atoms with van der Waals surface area (Å²) in [6.45, 7) is 8.54. The van der Waals surface area contributed by atoms with Crippen LogP contribution in [0.4, 0.5) is 0 Å². The zero-order valence-corrected chi connectivity index (χ0v) is 18.2. The molecular formula is C22H36N2O3S. The van der Waals surface area contributed by atoms with Gasteiger partial charge >= 0.3 is 0 Å². The van der Waals surface area contributed by atoms with Gasteiger partial charge in [-0.05, 0) is 63.1 Å². The van der Waals surface area contributed by atoms with Crippen LogP contribution in [0, 0.1) is 18.8 Å². The average Bonchev–Trinajstić information content (AvgIpc) is 2.69. The third-order valence-electron chi connectivity index (χ3n) is 6.27. The molecule has 6 heteroatoms. The summed E-state index contributed by atoms with van der Waals surface area (Å²) >= 11 is 0. The minimum Gasteiger partial charge on any atom is -0.377 e. The van der Waals surface area contributed by atoms with Gasteiger partial charge in [0.25, 0.3) is 0 Å². The number of benzene rings is 1. The van der Waals surface area contributed by atoms with Crippen LogP contribution in [-0.4, -0.2) is 52.2 Å².